The maximum atomic E-state index is 13.1. The van der Waals surface area contributed by atoms with Crippen LogP contribution in [0.3, 0.4) is 0 Å². The molecule has 2 saturated heterocycles. The topological polar surface area (TPSA) is 74.1 Å². The Kier molecular flexibility index (Phi) is 5.88. The Morgan fingerprint density at radius 1 is 1.00 bits per heavy atom. The van der Waals surface area contributed by atoms with Crippen molar-refractivity contribution in [1.29, 1.82) is 0 Å². The van der Waals surface area contributed by atoms with Crippen LogP contribution in [-0.4, -0.2) is 65.1 Å². The van der Waals surface area contributed by atoms with Crippen molar-refractivity contribution >= 4 is 17.7 Å². The van der Waals surface area contributed by atoms with Crippen molar-refractivity contribution in [2.24, 2.45) is 5.92 Å². The third kappa shape index (κ3) is 4.10. The molecule has 2 aromatic rings. The summed E-state index contributed by atoms with van der Waals surface area (Å²) in [6.07, 6.45) is 2.45. The number of nitrogens with zero attached hydrogens (tertiary/aromatic N) is 3. The summed E-state index contributed by atoms with van der Waals surface area (Å²) in [6, 6.07) is 13.2. The zero-order valence-corrected chi connectivity index (χ0v) is 17.2. The van der Waals surface area contributed by atoms with Gasteiger partial charge in [0.05, 0.1) is 18.2 Å². The van der Waals surface area contributed by atoms with Crippen LogP contribution < -0.4 is 0 Å². The summed E-state index contributed by atoms with van der Waals surface area (Å²) in [4.78, 5) is 43.6. The standard InChI is InChI=1S/C23H27N3O4/c1-17(18-7-3-2-4-8-18)26-16-19(15-21(26)27)22(28)24-10-6-11-25(13-12-24)23(29)20-9-5-14-30-20/h2-5,7-9,14,17,19H,6,10-13,15-16H2,1H3. The average molecular weight is 409 g/mol. The first kappa shape index (κ1) is 20.2. The number of carbonyl (C=O) groups excluding carboxylic acids is 3. The molecule has 0 saturated carbocycles. The minimum absolute atomic E-state index is 0.0124. The van der Waals surface area contributed by atoms with Crippen LogP contribution in [0.5, 0.6) is 0 Å². The Hall–Kier alpha value is -3.09. The van der Waals surface area contributed by atoms with E-state index in [1.54, 1.807) is 17.0 Å². The third-order valence-electron chi connectivity index (χ3n) is 6.08. The molecule has 0 N–H and O–H groups in total. The molecule has 2 aliphatic heterocycles. The number of amides is 3. The predicted molar refractivity (Wildman–Crippen MR) is 110 cm³/mol. The number of furan rings is 1. The van der Waals surface area contributed by atoms with Crippen LogP contribution in [-0.2, 0) is 9.59 Å². The molecule has 3 heterocycles. The van der Waals surface area contributed by atoms with E-state index in [0.29, 0.717) is 44.9 Å². The Balaban J connectivity index is 1.36. The van der Waals surface area contributed by atoms with Crippen LogP contribution >= 0.6 is 0 Å². The highest BCUT2D eigenvalue weighted by molar-refractivity contribution is 5.92. The predicted octanol–water partition coefficient (Wildman–Crippen LogP) is 2.56. The fourth-order valence-corrected chi connectivity index (χ4v) is 4.34. The van der Waals surface area contributed by atoms with E-state index in [1.807, 2.05) is 47.1 Å². The molecule has 158 valence electrons. The van der Waals surface area contributed by atoms with Crippen LogP contribution in [0.4, 0.5) is 0 Å². The van der Waals surface area contributed by atoms with E-state index < -0.39 is 0 Å². The highest BCUT2D eigenvalue weighted by Crippen LogP contribution is 2.29. The Morgan fingerprint density at radius 2 is 1.73 bits per heavy atom. The number of likely N-dealkylation sites (tertiary alicyclic amines) is 1. The third-order valence-corrected chi connectivity index (χ3v) is 6.08. The fraction of sp³-hybridized carbons (Fsp3) is 0.435. The summed E-state index contributed by atoms with van der Waals surface area (Å²) >= 11 is 0. The molecule has 2 unspecified atom stereocenters. The van der Waals surface area contributed by atoms with Gasteiger partial charge in [0, 0.05) is 39.1 Å². The lowest BCUT2D eigenvalue weighted by Gasteiger charge is -2.27. The Bertz CT molecular complexity index is 896. The van der Waals surface area contributed by atoms with Crippen molar-refractivity contribution in [2.75, 3.05) is 32.7 Å². The van der Waals surface area contributed by atoms with Gasteiger partial charge in [-0.3, -0.25) is 14.4 Å². The lowest BCUT2D eigenvalue weighted by Crippen LogP contribution is -2.40. The average Bonchev–Trinajstić information content (AvgIpc) is 3.37. The molecule has 3 amide bonds. The van der Waals surface area contributed by atoms with Gasteiger partial charge in [0.2, 0.25) is 11.8 Å². The van der Waals surface area contributed by atoms with E-state index in [2.05, 4.69) is 0 Å². The first-order valence-corrected chi connectivity index (χ1v) is 10.5. The largest absolute Gasteiger partial charge is 0.459 e. The van der Waals surface area contributed by atoms with Gasteiger partial charge in [0.1, 0.15) is 0 Å². The van der Waals surface area contributed by atoms with Crippen molar-refractivity contribution in [1.82, 2.24) is 14.7 Å². The summed E-state index contributed by atoms with van der Waals surface area (Å²) in [7, 11) is 0. The van der Waals surface area contributed by atoms with Gasteiger partial charge in [0.15, 0.2) is 5.76 Å². The highest BCUT2D eigenvalue weighted by atomic mass is 16.3. The van der Waals surface area contributed by atoms with Gasteiger partial charge in [0.25, 0.3) is 5.91 Å². The second-order valence-electron chi connectivity index (χ2n) is 7.98. The SMILES string of the molecule is CC(c1ccccc1)N1CC(C(=O)N2CCCN(C(=O)c3ccco3)CC2)CC1=O. The molecule has 1 aromatic heterocycles. The van der Waals surface area contributed by atoms with E-state index >= 15 is 0 Å². The molecule has 0 bridgehead atoms. The molecule has 7 nitrogen and oxygen atoms in total. The second-order valence-corrected chi connectivity index (χ2v) is 7.98. The molecular formula is C23H27N3O4. The maximum absolute atomic E-state index is 13.1. The number of benzene rings is 1. The van der Waals surface area contributed by atoms with Crippen molar-refractivity contribution in [3.05, 3.63) is 60.1 Å². The van der Waals surface area contributed by atoms with E-state index in [1.165, 1.54) is 6.26 Å². The minimum Gasteiger partial charge on any atom is -0.459 e. The van der Waals surface area contributed by atoms with E-state index in [0.717, 1.165) is 5.56 Å². The van der Waals surface area contributed by atoms with E-state index in [9.17, 15) is 14.4 Å². The molecule has 0 spiro atoms. The first-order chi connectivity index (χ1) is 14.5. The number of hydrogen-bond acceptors (Lipinski definition) is 4. The smallest absolute Gasteiger partial charge is 0.289 e. The molecule has 0 aliphatic carbocycles. The van der Waals surface area contributed by atoms with E-state index in [-0.39, 0.29) is 36.1 Å². The van der Waals surface area contributed by atoms with Crippen molar-refractivity contribution in [3.63, 3.8) is 0 Å². The number of hydrogen-bond donors (Lipinski definition) is 0. The lowest BCUT2D eigenvalue weighted by atomic mass is 10.1. The molecular weight excluding hydrogens is 382 g/mol. The Morgan fingerprint density at radius 3 is 2.47 bits per heavy atom. The Labute approximate surface area is 176 Å². The summed E-state index contributed by atoms with van der Waals surface area (Å²) in [5.74, 6) is -0.113. The number of carbonyl (C=O) groups is 3. The van der Waals surface area contributed by atoms with Crippen molar-refractivity contribution in [3.8, 4) is 0 Å². The van der Waals surface area contributed by atoms with Crippen LogP contribution in [0.25, 0.3) is 0 Å². The molecule has 7 heteroatoms. The van der Waals surface area contributed by atoms with Gasteiger partial charge >= 0.3 is 0 Å². The van der Waals surface area contributed by atoms with Gasteiger partial charge < -0.3 is 19.1 Å². The summed E-state index contributed by atoms with van der Waals surface area (Å²) in [6.45, 7) is 4.58. The molecule has 2 aliphatic rings. The van der Waals surface area contributed by atoms with Gasteiger partial charge in [-0.2, -0.15) is 0 Å². The van der Waals surface area contributed by atoms with Crippen LogP contribution in [0.2, 0.25) is 0 Å². The van der Waals surface area contributed by atoms with Crippen LogP contribution in [0.1, 0.15) is 41.9 Å². The summed E-state index contributed by atoms with van der Waals surface area (Å²) in [5, 5.41) is 0. The number of rotatable bonds is 4. The van der Waals surface area contributed by atoms with Crippen molar-refractivity contribution in [2.45, 2.75) is 25.8 Å². The van der Waals surface area contributed by atoms with Crippen molar-refractivity contribution < 1.29 is 18.8 Å². The quantitative estimate of drug-likeness (QED) is 0.778. The van der Waals surface area contributed by atoms with Crippen LogP contribution in [0.15, 0.2) is 53.1 Å². The van der Waals surface area contributed by atoms with Gasteiger partial charge in [-0.1, -0.05) is 30.3 Å². The molecule has 30 heavy (non-hydrogen) atoms. The molecule has 4 rings (SSSR count). The first-order valence-electron chi connectivity index (χ1n) is 10.5. The zero-order chi connectivity index (χ0) is 21.1. The fourth-order valence-electron chi connectivity index (χ4n) is 4.34. The summed E-state index contributed by atoms with van der Waals surface area (Å²) < 4.78 is 5.21. The zero-order valence-electron chi connectivity index (χ0n) is 17.2. The molecule has 0 radical (unpaired) electrons. The lowest BCUT2D eigenvalue weighted by molar-refractivity contribution is -0.135. The van der Waals surface area contributed by atoms with Gasteiger partial charge in [-0.25, -0.2) is 0 Å². The van der Waals surface area contributed by atoms with E-state index in [4.69, 9.17) is 4.42 Å². The summed E-state index contributed by atoms with van der Waals surface area (Å²) in [5.41, 5.74) is 1.07. The molecule has 2 fully saturated rings. The second kappa shape index (κ2) is 8.73. The van der Waals surface area contributed by atoms with Gasteiger partial charge in [-0.15, -0.1) is 0 Å². The molecule has 1 aromatic carbocycles. The van der Waals surface area contributed by atoms with Gasteiger partial charge in [-0.05, 0) is 31.0 Å². The van der Waals surface area contributed by atoms with Crippen LogP contribution in [0, 0.1) is 5.92 Å². The highest BCUT2D eigenvalue weighted by Gasteiger charge is 2.39. The minimum atomic E-state index is -0.323. The maximum Gasteiger partial charge on any atom is 0.289 e. The normalized spacial score (nSPS) is 20.9. The molecule has 2 atom stereocenters. The monoisotopic (exact) mass is 409 g/mol.